The monoisotopic (exact) mass is 467 g/mol. The summed E-state index contributed by atoms with van der Waals surface area (Å²) in [5.41, 5.74) is 0.898. The number of rotatable bonds is 2. The number of hydrogen-bond acceptors (Lipinski definition) is 3. The molecule has 0 radical (unpaired) electrons. The van der Waals surface area contributed by atoms with Crippen molar-refractivity contribution < 1.29 is 9.53 Å². The van der Waals surface area contributed by atoms with Crippen molar-refractivity contribution in [3.05, 3.63) is 93.2 Å². The molecule has 0 amide bonds. The molecule has 0 spiro atoms. The average molecular weight is 469 g/mol. The smallest absolute Gasteiger partial charge is 0.159 e. The van der Waals surface area contributed by atoms with Gasteiger partial charge in [-0.25, -0.2) is 0 Å². The van der Waals surface area contributed by atoms with Crippen molar-refractivity contribution in [2.24, 2.45) is 5.92 Å². The van der Waals surface area contributed by atoms with Gasteiger partial charge in [-0.2, -0.15) is 0 Å². The maximum Gasteiger partial charge on any atom is 0.159 e. The van der Waals surface area contributed by atoms with Crippen LogP contribution in [0.2, 0.25) is 5.02 Å². The number of fused-ring (bicyclic) bond motifs is 3. The summed E-state index contributed by atoms with van der Waals surface area (Å²) < 4.78 is 7.73. The van der Waals surface area contributed by atoms with Crippen LogP contribution in [0.4, 0.5) is 0 Å². The molecule has 0 bridgehead atoms. The summed E-state index contributed by atoms with van der Waals surface area (Å²) in [6.45, 7) is 3.98. The summed E-state index contributed by atoms with van der Waals surface area (Å²) in [5, 5.41) is 0.495. The van der Waals surface area contributed by atoms with E-state index in [1.807, 2.05) is 56.3 Å². The molecule has 0 saturated heterocycles. The van der Waals surface area contributed by atoms with Crippen LogP contribution in [0.25, 0.3) is 0 Å². The van der Waals surface area contributed by atoms with E-state index in [-0.39, 0.29) is 17.6 Å². The molecular weight excluding hydrogens is 450 g/mol. The lowest BCUT2D eigenvalue weighted by Crippen LogP contribution is -2.49. The fourth-order valence-electron chi connectivity index (χ4n) is 5.37. The molecule has 2 aromatic carbocycles. The molecule has 1 aromatic heterocycles. The van der Waals surface area contributed by atoms with Crippen LogP contribution < -0.4 is 4.74 Å². The first kappa shape index (κ1) is 18.8. The Morgan fingerprint density at radius 2 is 1.79 bits per heavy atom. The lowest BCUT2D eigenvalue weighted by molar-refractivity contribution is -0.126. The molecule has 5 heteroatoms. The summed E-state index contributed by atoms with van der Waals surface area (Å²) >= 11 is 9.74. The Bertz CT molecular complexity index is 1120. The van der Waals surface area contributed by atoms with Crippen molar-refractivity contribution in [2.75, 3.05) is 0 Å². The van der Waals surface area contributed by atoms with E-state index in [9.17, 15) is 4.79 Å². The summed E-state index contributed by atoms with van der Waals surface area (Å²) in [4.78, 5) is 18.4. The van der Waals surface area contributed by atoms with Gasteiger partial charge in [-0.05, 0) is 30.2 Å². The lowest BCUT2D eigenvalue weighted by Gasteiger charge is -2.40. The van der Waals surface area contributed by atoms with E-state index in [1.165, 1.54) is 0 Å². The number of carbonyl (C=O) groups excluding carboxylic acids is 1. The standard InChI is InChI=1S/C24H19BrClNO2/c1-14-20(15-6-4-3-5-7-15)24(16-8-10-17(25)11-9-16)23(2,22(14)28)21-19(29-24)12-18(26)13-27-21/h3-14,20H,1-2H3/t14?,20-,23?,24-/m0/s1. The van der Waals surface area contributed by atoms with Crippen LogP contribution in [0, 0.1) is 5.92 Å². The minimum absolute atomic E-state index is 0.142. The van der Waals surface area contributed by atoms with E-state index in [0.717, 1.165) is 15.6 Å². The highest BCUT2D eigenvalue weighted by atomic mass is 79.9. The fraction of sp³-hybridized carbons (Fsp3) is 0.250. The van der Waals surface area contributed by atoms with Crippen LogP contribution in [-0.2, 0) is 15.8 Å². The van der Waals surface area contributed by atoms with E-state index in [1.54, 1.807) is 12.3 Å². The molecule has 2 unspecified atom stereocenters. The van der Waals surface area contributed by atoms with E-state index in [2.05, 4.69) is 33.0 Å². The van der Waals surface area contributed by atoms with Crippen LogP contribution in [0.15, 0.2) is 71.3 Å². The number of pyridine rings is 1. The summed E-state index contributed by atoms with van der Waals surface area (Å²) in [7, 11) is 0. The molecule has 3 aromatic rings. The maximum atomic E-state index is 13.8. The molecule has 146 valence electrons. The van der Waals surface area contributed by atoms with Gasteiger partial charge in [-0.1, -0.05) is 76.9 Å². The Morgan fingerprint density at radius 3 is 2.48 bits per heavy atom. The number of ketones is 1. The van der Waals surface area contributed by atoms with Crippen LogP contribution in [0.5, 0.6) is 5.75 Å². The molecule has 29 heavy (non-hydrogen) atoms. The maximum absolute atomic E-state index is 13.8. The molecule has 5 rings (SSSR count). The van der Waals surface area contributed by atoms with Crippen molar-refractivity contribution in [1.82, 2.24) is 4.98 Å². The van der Waals surface area contributed by atoms with E-state index in [0.29, 0.717) is 16.5 Å². The number of hydrogen-bond donors (Lipinski definition) is 0. The van der Waals surface area contributed by atoms with Crippen LogP contribution >= 0.6 is 27.5 Å². The molecule has 0 N–H and O–H groups in total. The molecule has 1 fully saturated rings. The zero-order valence-corrected chi connectivity index (χ0v) is 18.4. The Kier molecular flexibility index (Phi) is 4.17. The largest absolute Gasteiger partial charge is 0.478 e. The fourth-order valence-corrected chi connectivity index (χ4v) is 5.78. The van der Waals surface area contributed by atoms with Gasteiger partial charge < -0.3 is 4.74 Å². The second-order valence-electron chi connectivity index (χ2n) is 8.01. The minimum atomic E-state index is -0.916. The van der Waals surface area contributed by atoms with Gasteiger partial charge in [-0.3, -0.25) is 9.78 Å². The topological polar surface area (TPSA) is 39.2 Å². The van der Waals surface area contributed by atoms with E-state index >= 15 is 0 Å². The van der Waals surface area contributed by atoms with Gasteiger partial charge in [0.15, 0.2) is 11.4 Å². The number of Topliss-reactive ketones (excluding diaryl/α,β-unsaturated/α-hetero) is 1. The second-order valence-corrected chi connectivity index (χ2v) is 9.36. The van der Waals surface area contributed by atoms with Gasteiger partial charge in [0.1, 0.15) is 16.9 Å². The number of nitrogens with zero attached hydrogens (tertiary/aromatic N) is 1. The summed E-state index contributed by atoms with van der Waals surface area (Å²) in [6, 6.07) is 20.0. The van der Waals surface area contributed by atoms with Gasteiger partial charge in [0.05, 0.1) is 5.02 Å². The first-order valence-corrected chi connectivity index (χ1v) is 10.8. The third-order valence-electron chi connectivity index (χ3n) is 6.58. The molecule has 3 nitrogen and oxygen atoms in total. The van der Waals surface area contributed by atoms with Crippen LogP contribution in [0.1, 0.15) is 36.6 Å². The predicted octanol–water partition coefficient (Wildman–Crippen LogP) is 6.05. The summed E-state index contributed by atoms with van der Waals surface area (Å²) in [5.74, 6) is 0.346. The first-order chi connectivity index (χ1) is 13.9. The number of carbonyl (C=O) groups is 1. The second kappa shape index (κ2) is 6.41. The third-order valence-corrected chi connectivity index (χ3v) is 7.32. The predicted molar refractivity (Wildman–Crippen MR) is 116 cm³/mol. The molecule has 2 aliphatic rings. The zero-order valence-electron chi connectivity index (χ0n) is 16.0. The van der Waals surface area contributed by atoms with Crippen molar-refractivity contribution in [2.45, 2.75) is 30.8 Å². The molecule has 4 atom stereocenters. The third kappa shape index (κ3) is 2.36. The Morgan fingerprint density at radius 1 is 1.10 bits per heavy atom. The van der Waals surface area contributed by atoms with Gasteiger partial charge >= 0.3 is 0 Å². The highest BCUT2D eigenvalue weighted by Gasteiger charge is 2.74. The Balaban J connectivity index is 1.85. The number of benzene rings is 2. The van der Waals surface area contributed by atoms with Gasteiger partial charge in [0.25, 0.3) is 0 Å². The van der Waals surface area contributed by atoms with Crippen molar-refractivity contribution >= 4 is 33.3 Å². The average Bonchev–Trinajstić information content (AvgIpc) is 3.07. The number of aromatic nitrogens is 1. The molecule has 1 saturated carbocycles. The molecule has 1 aliphatic heterocycles. The molecular formula is C24H19BrClNO2. The Hall–Kier alpha value is -2.17. The first-order valence-electron chi connectivity index (χ1n) is 9.60. The van der Waals surface area contributed by atoms with Crippen LogP contribution in [-0.4, -0.2) is 10.8 Å². The minimum Gasteiger partial charge on any atom is -0.478 e. The lowest BCUT2D eigenvalue weighted by atomic mass is 9.66. The molecule has 1 aliphatic carbocycles. The quantitative estimate of drug-likeness (QED) is 0.460. The number of ether oxygens (including phenoxy) is 1. The Labute approximate surface area is 183 Å². The highest BCUT2D eigenvalue weighted by Crippen LogP contribution is 2.67. The van der Waals surface area contributed by atoms with E-state index < -0.39 is 11.0 Å². The van der Waals surface area contributed by atoms with Crippen molar-refractivity contribution in [3.63, 3.8) is 0 Å². The van der Waals surface area contributed by atoms with E-state index in [4.69, 9.17) is 16.3 Å². The van der Waals surface area contributed by atoms with Crippen molar-refractivity contribution in [1.29, 1.82) is 0 Å². The van der Waals surface area contributed by atoms with Gasteiger partial charge in [-0.15, -0.1) is 0 Å². The van der Waals surface area contributed by atoms with Crippen molar-refractivity contribution in [3.8, 4) is 5.75 Å². The highest BCUT2D eigenvalue weighted by molar-refractivity contribution is 9.10. The van der Waals surface area contributed by atoms with Crippen LogP contribution in [0.3, 0.4) is 0 Å². The van der Waals surface area contributed by atoms with Gasteiger partial charge in [0.2, 0.25) is 0 Å². The number of halogens is 2. The molecule has 2 heterocycles. The zero-order chi connectivity index (χ0) is 20.4. The normalized spacial score (nSPS) is 30.0. The van der Waals surface area contributed by atoms with Gasteiger partial charge in [0, 0.05) is 28.6 Å². The summed E-state index contributed by atoms with van der Waals surface area (Å²) in [6.07, 6.45) is 1.60. The SMILES string of the molecule is CC1C(=O)C2(C)c3ncc(Cl)cc3O[C@@]2(c2ccc(Br)cc2)[C@@H]1c1ccccc1.